The van der Waals surface area contributed by atoms with Gasteiger partial charge in [-0.05, 0) is 31.5 Å². The number of rotatable bonds is 5. The van der Waals surface area contributed by atoms with Crippen LogP contribution in [0, 0.1) is 0 Å². The van der Waals surface area contributed by atoms with Gasteiger partial charge in [-0.2, -0.15) is 0 Å². The van der Waals surface area contributed by atoms with E-state index in [1.54, 1.807) is 27.1 Å². The van der Waals surface area contributed by atoms with Crippen LogP contribution in [0.25, 0.3) is 0 Å². The SMILES string of the molecule is CNC(=O)C(C)Oc1ccc([C@H](C)N)cc1OC. The fourth-order valence-corrected chi connectivity index (χ4v) is 1.51. The molecular formula is C13H20N2O3. The van der Waals surface area contributed by atoms with Crippen molar-refractivity contribution in [3.8, 4) is 11.5 Å². The van der Waals surface area contributed by atoms with Crippen molar-refractivity contribution in [2.24, 2.45) is 5.73 Å². The fourth-order valence-electron chi connectivity index (χ4n) is 1.51. The summed E-state index contributed by atoms with van der Waals surface area (Å²) in [5.74, 6) is 0.909. The molecule has 0 aliphatic rings. The number of carbonyl (C=O) groups excluding carboxylic acids is 1. The summed E-state index contributed by atoms with van der Waals surface area (Å²) in [7, 11) is 3.12. The number of nitrogens with two attached hydrogens (primary N) is 1. The maximum absolute atomic E-state index is 11.4. The quantitative estimate of drug-likeness (QED) is 0.826. The Morgan fingerprint density at radius 2 is 2.00 bits per heavy atom. The Morgan fingerprint density at radius 3 is 2.50 bits per heavy atom. The zero-order chi connectivity index (χ0) is 13.7. The number of carbonyl (C=O) groups is 1. The van der Waals surface area contributed by atoms with Gasteiger partial charge in [0.05, 0.1) is 7.11 Å². The molecule has 2 atom stereocenters. The maximum Gasteiger partial charge on any atom is 0.260 e. The molecule has 0 bridgehead atoms. The molecule has 1 rings (SSSR count). The van der Waals surface area contributed by atoms with Gasteiger partial charge in [0.15, 0.2) is 17.6 Å². The number of likely N-dealkylation sites (N-methyl/N-ethyl adjacent to an activating group) is 1. The highest BCUT2D eigenvalue weighted by atomic mass is 16.5. The second-order valence-electron chi connectivity index (χ2n) is 4.07. The van der Waals surface area contributed by atoms with Crippen LogP contribution in [-0.2, 0) is 4.79 Å². The van der Waals surface area contributed by atoms with E-state index in [1.165, 1.54) is 0 Å². The van der Waals surface area contributed by atoms with Crippen molar-refractivity contribution in [1.82, 2.24) is 5.32 Å². The Hall–Kier alpha value is -1.75. The van der Waals surface area contributed by atoms with E-state index >= 15 is 0 Å². The van der Waals surface area contributed by atoms with Crippen molar-refractivity contribution >= 4 is 5.91 Å². The van der Waals surface area contributed by atoms with Crippen molar-refractivity contribution < 1.29 is 14.3 Å². The summed E-state index contributed by atoms with van der Waals surface area (Å²) >= 11 is 0. The Labute approximate surface area is 107 Å². The van der Waals surface area contributed by atoms with E-state index in [0.717, 1.165) is 5.56 Å². The molecular weight excluding hydrogens is 232 g/mol. The third-order valence-corrected chi connectivity index (χ3v) is 2.63. The largest absolute Gasteiger partial charge is 0.493 e. The number of benzene rings is 1. The van der Waals surface area contributed by atoms with Gasteiger partial charge >= 0.3 is 0 Å². The molecule has 5 nitrogen and oxygen atoms in total. The molecule has 1 amide bonds. The average molecular weight is 252 g/mol. The van der Waals surface area contributed by atoms with E-state index in [-0.39, 0.29) is 11.9 Å². The second-order valence-corrected chi connectivity index (χ2v) is 4.07. The Balaban J connectivity index is 2.92. The molecule has 0 spiro atoms. The van der Waals surface area contributed by atoms with E-state index in [2.05, 4.69) is 5.32 Å². The first-order chi connectivity index (χ1) is 8.49. The topological polar surface area (TPSA) is 73.6 Å². The van der Waals surface area contributed by atoms with Crippen LogP contribution in [0.1, 0.15) is 25.5 Å². The van der Waals surface area contributed by atoms with E-state index in [0.29, 0.717) is 11.5 Å². The molecule has 0 saturated heterocycles. The smallest absolute Gasteiger partial charge is 0.260 e. The molecule has 0 radical (unpaired) electrons. The van der Waals surface area contributed by atoms with E-state index in [1.807, 2.05) is 19.1 Å². The van der Waals surface area contributed by atoms with Gasteiger partial charge in [-0.3, -0.25) is 4.79 Å². The highest BCUT2D eigenvalue weighted by Gasteiger charge is 2.16. The second kappa shape index (κ2) is 6.26. The molecule has 1 aromatic rings. The van der Waals surface area contributed by atoms with Crippen LogP contribution < -0.4 is 20.5 Å². The summed E-state index contributed by atoms with van der Waals surface area (Å²) in [5.41, 5.74) is 6.75. The Kier molecular flexibility index (Phi) is 4.97. The third-order valence-electron chi connectivity index (χ3n) is 2.63. The van der Waals surface area contributed by atoms with Crippen molar-refractivity contribution in [2.75, 3.05) is 14.2 Å². The number of hydrogen-bond donors (Lipinski definition) is 2. The van der Waals surface area contributed by atoms with Gasteiger partial charge in [0.1, 0.15) is 0 Å². The first kappa shape index (κ1) is 14.3. The van der Waals surface area contributed by atoms with Crippen molar-refractivity contribution in [3.63, 3.8) is 0 Å². The van der Waals surface area contributed by atoms with E-state index < -0.39 is 6.10 Å². The Bertz CT molecular complexity index is 419. The monoisotopic (exact) mass is 252 g/mol. The third kappa shape index (κ3) is 3.37. The number of amides is 1. The minimum absolute atomic E-state index is 0.0793. The van der Waals surface area contributed by atoms with Gasteiger partial charge in [-0.15, -0.1) is 0 Å². The lowest BCUT2D eigenvalue weighted by Gasteiger charge is -2.17. The summed E-state index contributed by atoms with van der Waals surface area (Å²) < 4.78 is 10.8. The van der Waals surface area contributed by atoms with Gasteiger partial charge in [0.25, 0.3) is 5.91 Å². The standard InChI is InChI=1S/C13H20N2O3/c1-8(14)10-5-6-11(12(7-10)17-4)18-9(2)13(16)15-3/h5-9H,14H2,1-4H3,(H,15,16)/t8-,9?/m0/s1. The molecule has 5 heteroatoms. The number of methoxy groups -OCH3 is 1. The molecule has 18 heavy (non-hydrogen) atoms. The minimum Gasteiger partial charge on any atom is -0.493 e. The molecule has 3 N–H and O–H groups in total. The summed E-state index contributed by atoms with van der Waals surface area (Å²) in [5, 5.41) is 2.53. The zero-order valence-electron chi connectivity index (χ0n) is 11.2. The van der Waals surface area contributed by atoms with Gasteiger partial charge in [-0.25, -0.2) is 0 Å². The van der Waals surface area contributed by atoms with Crippen LogP contribution in [0.2, 0.25) is 0 Å². The fraction of sp³-hybridized carbons (Fsp3) is 0.462. The molecule has 1 aromatic carbocycles. The molecule has 0 aliphatic carbocycles. The van der Waals surface area contributed by atoms with Crippen LogP contribution in [0.4, 0.5) is 0 Å². The highest BCUT2D eigenvalue weighted by molar-refractivity contribution is 5.80. The molecule has 0 saturated carbocycles. The molecule has 1 unspecified atom stereocenters. The summed E-state index contributed by atoms with van der Waals surface area (Å²) in [6.07, 6.45) is -0.579. The first-order valence-corrected chi connectivity index (χ1v) is 5.81. The summed E-state index contributed by atoms with van der Waals surface area (Å²) in [4.78, 5) is 11.4. The van der Waals surface area contributed by atoms with Crippen LogP contribution in [0.5, 0.6) is 11.5 Å². The molecule has 100 valence electrons. The minimum atomic E-state index is -0.579. The van der Waals surface area contributed by atoms with E-state index in [9.17, 15) is 4.79 Å². The van der Waals surface area contributed by atoms with Crippen LogP contribution in [-0.4, -0.2) is 26.2 Å². The molecule has 0 aromatic heterocycles. The van der Waals surface area contributed by atoms with Crippen molar-refractivity contribution in [1.29, 1.82) is 0 Å². The summed E-state index contributed by atoms with van der Waals surface area (Å²) in [6, 6.07) is 5.36. The normalized spacial score (nSPS) is 13.6. The predicted octanol–water partition coefficient (Wildman–Crippen LogP) is 1.23. The Morgan fingerprint density at radius 1 is 1.33 bits per heavy atom. The van der Waals surface area contributed by atoms with Gasteiger partial charge < -0.3 is 20.5 Å². The lowest BCUT2D eigenvalue weighted by Crippen LogP contribution is -2.33. The zero-order valence-corrected chi connectivity index (χ0v) is 11.2. The van der Waals surface area contributed by atoms with Gasteiger partial charge in [0, 0.05) is 13.1 Å². The van der Waals surface area contributed by atoms with Crippen molar-refractivity contribution in [2.45, 2.75) is 26.0 Å². The molecule has 0 fully saturated rings. The molecule has 0 heterocycles. The predicted molar refractivity (Wildman–Crippen MR) is 69.8 cm³/mol. The lowest BCUT2D eigenvalue weighted by atomic mass is 10.1. The van der Waals surface area contributed by atoms with Gasteiger partial charge in [0.2, 0.25) is 0 Å². The first-order valence-electron chi connectivity index (χ1n) is 5.81. The lowest BCUT2D eigenvalue weighted by molar-refractivity contribution is -0.126. The number of ether oxygens (including phenoxy) is 2. The van der Waals surface area contributed by atoms with Crippen LogP contribution in [0.3, 0.4) is 0 Å². The number of hydrogen-bond acceptors (Lipinski definition) is 4. The highest BCUT2D eigenvalue weighted by Crippen LogP contribution is 2.30. The maximum atomic E-state index is 11.4. The summed E-state index contributed by atoms with van der Waals surface area (Å²) in [6.45, 7) is 3.57. The van der Waals surface area contributed by atoms with Crippen LogP contribution >= 0.6 is 0 Å². The van der Waals surface area contributed by atoms with Gasteiger partial charge in [-0.1, -0.05) is 6.07 Å². The van der Waals surface area contributed by atoms with Crippen LogP contribution in [0.15, 0.2) is 18.2 Å². The average Bonchev–Trinajstić information content (AvgIpc) is 2.37. The van der Waals surface area contributed by atoms with E-state index in [4.69, 9.17) is 15.2 Å². The number of nitrogens with one attached hydrogen (secondary N) is 1. The molecule has 0 aliphatic heterocycles. The van der Waals surface area contributed by atoms with Crippen molar-refractivity contribution in [3.05, 3.63) is 23.8 Å².